The Kier molecular flexibility index (Phi) is 14.1. The Hall–Kier alpha value is -8.37. The Labute approximate surface area is 523 Å². The number of anilines is 6. The second-order valence-electron chi connectivity index (χ2n) is 29.0. The van der Waals surface area contributed by atoms with Gasteiger partial charge in [0.05, 0.1) is 16.8 Å². The predicted molar refractivity (Wildman–Crippen MR) is 374 cm³/mol. The molecule has 2 aliphatic rings. The first-order valence-corrected chi connectivity index (χ1v) is 32.1. The van der Waals surface area contributed by atoms with Crippen molar-refractivity contribution in [2.24, 2.45) is 0 Å². The molecule has 0 N–H and O–H groups in total. The van der Waals surface area contributed by atoms with Crippen LogP contribution in [0.15, 0.2) is 252 Å². The maximum Gasteiger partial charge on any atom is 0.0715 e. The van der Waals surface area contributed by atoms with Gasteiger partial charge in [-0.2, -0.15) is 0 Å². The summed E-state index contributed by atoms with van der Waals surface area (Å²) in [5, 5.41) is 2.43. The molecule has 87 heavy (non-hydrogen) atoms. The third-order valence-electron chi connectivity index (χ3n) is 18.8. The van der Waals surface area contributed by atoms with E-state index in [4.69, 9.17) is 0 Å². The Morgan fingerprint density at radius 3 is 1.15 bits per heavy atom. The Morgan fingerprint density at radius 1 is 0.310 bits per heavy atom. The average molecular weight is 1150 g/mol. The molecule has 0 aliphatic heterocycles. The van der Waals surface area contributed by atoms with Gasteiger partial charge < -0.3 is 9.80 Å². The van der Waals surface area contributed by atoms with Crippen LogP contribution < -0.4 is 9.80 Å². The Morgan fingerprint density at radius 2 is 0.667 bits per heavy atom. The minimum Gasteiger partial charge on any atom is -0.310 e. The van der Waals surface area contributed by atoms with E-state index in [0.29, 0.717) is 0 Å². The first kappa shape index (κ1) is 57.7. The molecular formula is C84H82N2S. The van der Waals surface area contributed by atoms with Crippen molar-refractivity contribution in [2.75, 3.05) is 9.80 Å². The van der Waals surface area contributed by atoms with E-state index in [9.17, 15) is 0 Å². The van der Waals surface area contributed by atoms with Gasteiger partial charge in [0, 0.05) is 43.3 Å². The number of hydrogen-bond donors (Lipinski definition) is 0. The smallest absolute Gasteiger partial charge is 0.0715 e. The molecule has 2 nitrogen and oxygen atoms in total. The summed E-state index contributed by atoms with van der Waals surface area (Å²) in [6, 6.07) is 93.3. The van der Waals surface area contributed by atoms with Crippen molar-refractivity contribution in [3.63, 3.8) is 0 Å². The highest BCUT2D eigenvalue weighted by atomic mass is 32.2. The maximum atomic E-state index is 2.65. The van der Waals surface area contributed by atoms with Crippen LogP contribution in [-0.2, 0) is 32.5 Å². The summed E-state index contributed by atoms with van der Waals surface area (Å²) in [4.78, 5) is 7.52. The molecule has 11 aromatic carbocycles. The van der Waals surface area contributed by atoms with Crippen molar-refractivity contribution in [1.82, 2.24) is 0 Å². The van der Waals surface area contributed by atoms with Crippen LogP contribution in [0.25, 0.3) is 33.0 Å². The molecule has 11 aromatic rings. The summed E-state index contributed by atoms with van der Waals surface area (Å²) in [6.45, 7) is 32.6. The van der Waals surface area contributed by atoms with Crippen LogP contribution in [-0.4, -0.2) is 0 Å². The summed E-state index contributed by atoms with van der Waals surface area (Å²) in [5.74, 6) is 0. The molecule has 2 aliphatic carbocycles. The molecule has 3 heteroatoms. The molecule has 0 aromatic heterocycles. The van der Waals surface area contributed by atoms with Gasteiger partial charge >= 0.3 is 0 Å². The van der Waals surface area contributed by atoms with Crippen LogP contribution in [0.2, 0.25) is 0 Å². The van der Waals surface area contributed by atoms with E-state index in [1.165, 1.54) is 104 Å². The number of rotatable bonds is 10. The van der Waals surface area contributed by atoms with Crippen molar-refractivity contribution < 1.29 is 0 Å². The molecule has 1 atom stereocenters. The largest absolute Gasteiger partial charge is 0.310 e. The fourth-order valence-electron chi connectivity index (χ4n) is 14.1. The molecule has 0 fully saturated rings. The average Bonchev–Trinajstić information content (AvgIpc) is 1.50. The lowest BCUT2D eigenvalue weighted by Gasteiger charge is -2.38. The van der Waals surface area contributed by atoms with Crippen LogP contribution in [0.5, 0.6) is 0 Å². The van der Waals surface area contributed by atoms with Gasteiger partial charge in [0.15, 0.2) is 0 Å². The summed E-state index contributed by atoms with van der Waals surface area (Å²) >= 11 is 1.83. The maximum absolute atomic E-state index is 2.65. The van der Waals surface area contributed by atoms with Crippen LogP contribution in [0.1, 0.15) is 153 Å². The first-order chi connectivity index (χ1) is 41.4. The van der Waals surface area contributed by atoms with Crippen molar-refractivity contribution >= 4 is 56.7 Å². The van der Waals surface area contributed by atoms with Crippen LogP contribution >= 0.6 is 11.8 Å². The molecule has 0 saturated carbocycles. The minimum atomic E-state index is -0.847. The van der Waals surface area contributed by atoms with E-state index in [2.05, 4.69) is 349 Å². The molecule has 1 unspecified atom stereocenters. The summed E-state index contributed by atoms with van der Waals surface area (Å²) in [5.41, 5.74) is 23.6. The van der Waals surface area contributed by atoms with Crippen molar-refractivity contribution in [3.8, 4) is 22.3 Å². The highest BCUT2D eigenvalue weighted by Gasteiger charge is 2.52. The van der Waals surface area contributed by atoms with E-state index in [1.807, 2.05) is 11.8 Å². The molecule has 434 valence electrons. The standard InChI is InChI=1S/C84H82N2S/c1-79(2,3)55-33-35-59(36-34-55)84(60-43-51-66(52-44-60)87-65-49-41-58(42-50-65)82(10,11)12)71-53-73(85(61-25-17-15-18-26-61)63-45-37-56(38-46-63)80(4,5)6)67-29-21-22-30-68(67)75(71)77-72(84)54-74(78-76(77)69-31-23-24-32-70(69)83(78,13)14)86(62-27-19-16-20-28-62)64-47-39-57(40-48-64)81(7,8)9/h15-54H,1-14H3. The molecule has 0 bridgehead atoms. The van der Waals surface area contributed by atoms with Gasteiger partial charge in [-0.25, -0.2) is 0 Å². The fraction of sp³-hybridized carbons (Fsp3) is 0.238. The lowest BCUT2D eigenvalue weighted by atomic mass is 9.66. The highest BCUT2D eigenvalue weighted by Crippen LogP contribution is 2.67. The van der Waals surface area contributed by atoms with Gasteiger partial charge in [0.1, 0.15) is 0 Å². The normalized spacial score (nSPS) is 15.2. The number of benzene rings is 11. The molecule has 0 heterocycles. The molecule has 13 rings (SSSR count). The van der Waals surface area contributed by atoms with Crippen molar-refractivity contribution in [3.05, 3.63) is 298 Å². The monoisotopic (exact) mass is 1150 g/mol. The minimum absolute atomic E-state index is 0.00645. The summed E-state index contributed by atoms with van der Waals surface area (Å²) in [7, 11) is 0. The molecule has 0 saturated heterocycles. The molecule has 0 radical (unpaired) electrons. The van der Waals surface area contributed by atoms with Gasteiger partial charge in [-0.15, -0.1) is 0 Å². The Bertz CT molecular complexity index is 4360. The third kappa shape index (κ3) is 9.91. The van der Waals surface area contributed by atoms with Gasteiger partial charge in [0.2, 0.25) is 0 Å². The topological polar surface area (TPSA) is 6.48 Å². The van der Waals surface area contributed by atoms with Gasteiger partial charge in [0.25, 0.3) is 0 Å². The number of fused-ring (bicyclic) bond motifs is 9. The lowest BCUT2D eigenvalue weighted by Crippen LogP contribution is -2.30. The van der Waals surface area contributed by atoms with Crippen molar-refractivity contribution in [1.29, 1.82) is 0 Å². The van der Waals surface area contributed by atoms with Crippen LogP contribution in [0.4, 0.5) is 34.1 Å². The Balaban J connectivity index is 1.20. The van der Waals surface area contributed by atoms with E-state index in [1.54, 1.807) is 0 Å². The lowest BCUT2D eigenvalue weighted by molar-refractivity contribution is 0.589. The van der Waals surface area contributed by atoms with Gasteiger partial charge in [-0.1, -0.05) is 266 Å². The zero-order valence-electron chi connectivity index (χ0n) is 53.4. The highest BCUT2D eigenvalue weighted by molar-refractivity contribution is 7.99. The number of para-hydroxylation sites is 2. The third-order valence-corrected chi connectivity index (χ3v) is 19.8. The van der Waals surface area contributed by atoms with E-state index in [-0.39, 0.29) is 21.7 Å². The summed E-state index contributed by atoms with van der Waals surface area (Å²) in [6.07, 6.45) is 0. The fourth-order valence-corrected chi connectivity index (χ4v) is 14.9. The van der Waals surface area contributed by atoms with E-state index < -0.39 is 10.8 Å². The van der Waals surface area contributed by atoms with Crippen LogP contribution in [0.3, 0.4) is 0 Å². The SMILES string of the molecule is CC(C)(C)c1ccc(Sc2ccc(C3(c4ccc(C(C)(C)C)cc4)c4cc(N(c5ccccc5)c5ccc(C(C)(C)C)cc5)c5c(c4-c4c3cc(N(c3ccccc3)c3ccc(C(C)(C)C)cc3)c3ccccc43)-c3ccccc3C5(C)C)cc2)cc1. The van der Waals surface area contributed by atoms with Gasteiger partial charge in [-0.05, 0) is 190 Å². The van der Waals surface area contributed by atoms with E-state index in [0.717, 1.165) is 28.4 Å². The number of hydrogen-bond acceptors (Lipinski definition) is 3. The second kappa shape index (κ2) is 21.2. The van der Waals surface area contributed by atoms with Crippen LogP contribution in [0, 0.1) is 0 Å². The van der Waals surface area contributed by atoms with Crippen molar-refractivity contribution in [2.45, 2.75) is 139 Å². The first-order valence-electron chi connectivity index (χ1n) is 31.2. The molecule has 0 amide bonds. The predicted octanol–water partition coefficient (Wildman–Crippen LogP) is 23.8. The zero-order chi connectivity index (χ0) is 61.0. The quantitative estimate of drug-likeness (QED) is 0.135. The second-order valence-corrected chi connectivity index (χ2v) is 30.2. The molecule has 0 spiro atoms. The summed E-state index contributed by atoms with van der Waals surface area (Å²) < 4.78 is 0. The number of nitrogens with zero attached hydrogens (tertiary/aromatic N) is 2. The zero-order valence-corrected chi connectivity index (χ0v) is 54.2. The van der Waals surface area contributed by atoms with Gasteiger partial charge in [-0.3, -0.25) is 0 Å². The van der Waals surface area contributed by atoms with E-state index >= 15 is 0 Å². The molecular weight excluding hydrogens is 1070 g/mol.